The summed E-state index contributed by atoms with van der Waals surface area (Å²) in [6.45, 7) is -0.000170. The van der Waals surface area contributed by atoms with E-state index in [9.17, 15) is 31.5 Å². The standard InChI is InChI=1S/C30H25F5N4O3/c31-22-2-1-3-23(32)26(22)18-9-21(28(42)36-20-13-29(14-20)11-17(12-29)8-25(40)41)27-24(10-18)37-38-39(27)15-16-4-6-19(7-5-16)30(33,34)35/h1-7,9-10,17,20H,8,11-15H2,(H,36,42)(H,40,41). The molecule has 0 unspecified atom stereocenters. The summed E-state index contributed by atoms with van der Waals surface area (Å²) >= 11 is 0. The maximum absolute atomic E-state index is 14.7. The third kappa shape index (κ3) is 5.21. The van der Waals surface area contributed by atoms with E-state index in [1.807, 2.05) is 0 Å². The van der Waals surface area contributed by atoms with Gasteiger partial charge in [0.15, 0.2) is 0 Å². The molecule has 0 atom stereocenters. The van der Waals surface area contributed by atoms with E-state index in [0.717, 1.165) is 37.1 Å². The molecule has 42 heavy (non-hydrogen) atoms. The van der Waals surface area contributed by atoms with Crippen molar-refractivity contribution in [3.8, 4) is 11.1 Å². The van der Waals surface area contributed by atoms with Gasteiger partial charge in [-0.15, -0.1) is 5.10 Å². The summed E-state index contributed by atoms with van der Waals surface area (Å²) in [5.41, 5.74) is -0.00669. The number of carbonyl (C=O) groups is 2. The lowest BCUT2D eigenvalue weighted by Crippen LogP contribution is -2.56. The van der Waals surface area contributed by atoms with E-state index in [1.54, 1.807) is 0 Å². The van der Waals surface area contributed by atoms with E-state index in [4.69, 9.17) is 5.11 Å². The number of halogens is 5. The van der Waals surface area contributed by atoms with E-state index in [0.29, 0.717) is 18.4 Å². The van der Waals surface area contributed by atoms with Gasteiger partial charge in [0.2, 0.25) is 0 Å². The zero-order valence-electron chi connectivity index (χ0n) is 22.1. The lowest BCUT2D eigenvalue weighted by molar-refractivity contribution is -0.142. The summed E-state index contributed by atoms with van der Waals surface area (Å²) in [6, 6.07) is 10.6. The molecule has 12 heteroatoms. The van der Waals surface area contributed by atoms with Crippen molar-refractivity contribution in [3.63, 3.8) is 0 Å². The number of aromatic nitrogens is 3. The number of benzene rings is 3. The minimum absolute atomic E-state index is 0.000170. The van der Waals surface area contributed by atoms with Crippen molar-refractivity contribution in [1.82, 2.24) is 20.3 Å². The van der Waals surface area contributed by atoms with Gasteiger partial charge in [-0.2, -0.15) is 13.2 Å². The summed E-state index contributed by atoms with van der Waals surface area (Å²) in [4.78, 5) is 24.6. The van der Waals surface area contributed by atoms with Crippen LogP contribution in [-0.4, -0.2) is 38.0 Å². The zero-order chi connectivity index (χ0) is 29.8. The van der Waals surface area contributed by atoms with Crippen molar-refractivity contribution >= 4 is 22.9 Å². The number of hydrogen-bond acceptors (Lipinski definition) is 4. The molecule has 2 fully saturated rings. The highest BCUT2D eigenvalue weighted by Crippen LogP contribution is 2.59. The minimum atomic E-state index is -4.49. The van der Waals surface area contributed by atoms with Crippen molar-refractivity contribution in [3.05, 3.63) is 82.9 Å². The van der Waals surface area contributed by atoms with Gasteiger partial charge in [0.1, 0.15) is 22.7 Å². The summed E-state index contributed by atoms with van der Waals surface area (Å²) in [7, 11) is 0. The number of fused-ring (bicyclic) bond motifs is 1. The van der Waals surface area contributed by atoms with Gasteiger partial charge in [-0.3, -0.25) is 9.59 Å². The molecule has 1 heterocycles. The molecule has 0 bridgehead atoms. The molecule has 7 nitrogen and oxygen atoms in total. The third-order valence-electron chi connectivity index (χ3n) is 8.32. The van der Waals surface area contributed by atoms with Crippen molar-refractivity contribution in [1.29, 1.82) is 0 Å². The SMILES string of the molecule is O=C(O)CC1CC2(C1)CC(NC(=O)c1cc(-c3c(F)cccc3F)cc3nnn(Cc4ccc(C(F)(F)F)cc4)c13)C2. The first-order valence-electron chi connectivity index (χ1n) is 13.4. The van der Waals surface area contributed by atoms with Crippen LogP contribution in [0.3, 0.4) is 0 Å². The van der Waals surface area contributed by atoms with Crippen LogP contribution in [0.1, 0.15) is 53.6 Å². The number of carboxylic acids is 1. The minimum Gasteiger partial charge on any atom is -0.481 e. The third-order valence-corrected chi connectivity index (χ3v) is 8.32. The van der Waals surface area contributed by atoms with Crippen LogP contribution in [-0.2, 0) is 17.5 Å². The number of amides is 1. The highest BCUT2D eigenvalue weighted by atomic mass is 19.4. The smallest absolute Gasteiger partial charge is 0.416 e. The first kappa shape index (κ1) is 27.8. The van der Waals surface area contributed by atoms with E-state index in [1.165, 1.54) is 35.0 Å². The zero-order valence-corrected chi connectivity index (χ0v) is 22.1. The maximum atomic E-state index is 14.7. The Labute approximate surface area is 236 Å². The fourth-order valence-corrected chi connectivity index (χ4v) is 6.53. The molecule has 0 radical (unpaired) electrons. The Bertz CT molecular complexity index is 1670. The number of alkyl halides is 3. The number of rotatable bonds is 7. The van der Waals surface area contributed by atoms with Crippen LogP contribution in [0.5, 0.6) is 0 Å². The molecule has 6 rings (SSSR count). The average Bonchev–Trinajstić information content (AvgIpc) is 3.27. The van der Waals surface area contributed by atoms with Crippen molar-refractivity contribution in [2.75, 3.05) is 0 Å². The van der Waals surface area contributed by atoms with Crippen LogP contribution in [0, 0.1) is 23.0 Å². The Kier molecular flexibility index (Phi) is 6.74. The summed E-state index contributed by atoms with van der Waals surface area (Å²) < 4.78 is 69.8. The van der Waals surface area contributed by atoms with E-state index in [-0.39, 0.29) is 58.1 Å². The highest BCUT2D eigenvalue weighted by Gasteiger charge is 2.53. The molecule has 2 aliphatic rings. The summed E-state index contributed by atoms with van der Waals surface area (Å²) in [5.74, 6) is -2.83. The quantitative estimate of drug-likeness (QED) is 0.252. The van der Waals surface area contributed by atoms with Crippen LogP contribution in [0.15, 0.2) is 54.6 Å². The van der Waals surface area contributed by atoms with Crippen molar-refractivity contribution in [2.24, 2.45) is 11.3 Å². The van der Waals surface area contributed by atoms with Gasteiger partial charge in [0.05, 0.1) is 23.2 Å². The number of carboxylic acid groups (broad SMARTS) is 1. The van der Waals surface area contributed by atoms with Crippen molar-refractivity contribution < 1.29 is 36.6 Å². The molecule has 0 aliphatic heterocycles. The lowest BCUT2D eigenvalue weighted by Gasteiger charge is -2.57. The molecule has 2 saturated carbocycles. The molecule has 1 aromatic heterocycles. The van der Waals surface area contributed by atoms with E-state index in [2.05, 4.69) is 15.6 Å². The Balaban J connectivity index is 1.30. The largest absolute Gasteiger partial charge is 0.481 e. The second-order valence-corrected chi connectivity index (χ2v) is 11.4. The van der Waals surface area contributed by atoms with Gasteiger partial charge >= 0.3 is 12.1 Å². The number of hydrogen-bond donors (Lipinski definition) is 2. The van der Waals surface area contributed by atoms with Gasteiger partial charge in [-0.05, 0) is 84.5 Å². The maximum Gasteiger partial charge on any atom is 0.416 e. The van der Waals surface area contributed by atoms with Gasteiger partial charge in [-0.25, -0.2) is 13.5 Å². The molecule has 4 aromatic rings. The number of nitrogens with one attached hydrogen (secondary N) is 1. The fraction of sp³-hybridized carbons (Fsp3) is 0.333. The first-order valence-corrected chi connectivity index (χ1v) is 13.4. The second-order valence-electron chi connectivity index (χ2n) is 11.4. The predicted octanol–water partition coefficient (Wildman–Crippen LogP) is 6.21. The topological polar surface area (TPSA) is 97.1 Å². The molecule has 2 N–H and O–H groups in total. The van der Waals surface area contributed by atoms with E-state index >= 15 is 0 Å². The van der Waals surface area contributed by atoms with Gasteiger partial charge in [-0.1, -0.05) is 23.4 Å². The van der Waals surface area contributed by atoms with Gasteiger partial charge in [0.25, 0.3) is 5.91 Å². The van der Waals surface area contributed by atoms with E-state index < -0.39 is 35.3 Å². The summed E-state index contributed by atoms with van der Waals surface area (Å²) in [6.07, 6.45) is -1.38. The highest BCUT2D eigenvalue weighted by molar-refractivity contribution is 6.06. The van der Waals surface area contributed by atoms with Gasteiger partial charge < -0.3 is 10.4 Å². The fourth-order valence-electron chi connectivity index (χ4n) is 6.53. The Morgan fingerprint density at radius 3 is 2.29 bits per heavy atom. The molecule has 218 valence electrons. The number of aliphatic carboxylic acids is 1. The van der Waals surface area contributed by atoms with Crippen LogP contribution >= 0.6 is 0 Å². The second kappa shape index (κ2) is 10.2. The monoisotopic (exact) mass is 584 g/mol. The molecular weight excluding hydrogens is 559 g/mol. The van der Waals surface area contributed by atoms with Gasteiger partial charge in [0, 0.05) is 12.5 Å². The normalized spacial score (nSPS) is 21.6. The Hall–Kier alpha value is -4.35. The first-order chi connectivity index (χ1) is 19.9. The molecule has 3 aromatic carbocycles. The number of nitrogens with zero attached hydrogens (tertiary/aromatic N) is 3. The number of carbonyl (C=O) groups excluding carboxylic acids is 1. The predicted molar refractivity (Wildman–Crippen MR) is 141 cm³/mol. The van der Waals surface area contributed by atoms with Crippen LogP contribution in [0.4, 0.5) is 22.0 Å². The average molecular weight is 585 g/mol. The lowest BCUT2D eigenvalue weighted by atomic mass is 9.49. The molecule has 1 spiro atoms. The van der Waals surface area contributed by atoms with Crippen LogP contribution in [0.2, 0.25) is 0 Å². The molecule has 1 amide bonds. The Morgan fingerprint density at radius 1 is 1.00 bits per heavy atom. The summed E-state index contributed by atoms with van der Waals surface area (Å²) in [5, 5.41) is 20.2. The van der Waals surface area contributed by atoms with Crippen molar-refractivity contribution in [2.45, 2.75) is 50.9 Å². The molecule has 2 aliphatic carbocycles. The van der Waals surface area contributed by atoms with Crippen LogP contribution < -0.4 is 5.32 Å². The molecular formula is C30H25F5N4O3. The molecule has 0 saturated heterocycles. The Morgan fingerprint density at radius 2 is 1.67 bits per heavy atom. The van der Waals surface area contributed by atoms with Crippen LogP contribution in [0.25, 0.3) is 22.2 Å².